The number of anilines is 2. The van der Waals surface area contributed by atoms with E-state index >= 15 is 0 Å². The Morgan fingerprint density at radius 1 is 1.38 bits per heavy atom. The van der Waals surface area contributed by atoms with Crippen LogP contribution in [0.4, 0.5) is 11.5 Å². The Kier molecular flexibility index (Phi) is 5.40. The molecular weight excluding hydrogens is 398 g/mol. The molecule has 1 aliphatic heterocycles. The lowest BCUT2D eigenvalue weighted by Gasteiger charge is -2.32. The maximum Gasteiger partial charge on any atom is 0.339 e. The number of hydrogen-bond donors (Lipinski definition) is 2. The second kappa shape index (κ2) is 7.42. The predicted molar refractivity (Wildman–Crippen MR) is 102 cm³/mol. The summed E-state index contributed by atoms with van der Waals surface area (Å²) < 4.78 is 27.5. The van der Waals surface area contributed by atoms with Crippen LogP contribution in [0.2, 0.25) is 4.34 Å². The number of carbonyl (C=O) groups is 1. The molecule has 2 N–H and O–H groups in total. The van der Waals surface area contributed by atoms with Crippen molar-refractivity contribution in [2.24, 2.45) is 5.92 Å². The summed E-state index contributed by atoms with van der Waals surface area (Å²) in [6, 6.07) is 4.18. The van der Waals surface area contributed by atoms with Crippen molar-refractivity contribution < 1.29 is 18.3 Å². The number of pyridine rings is 1. The topological polar surface area (TPSA) is 99.6 Å². The molecule has 1 fully saturated rings. The van der Waals surface area contributed by atoms with Crippen LogP contribution in [-0.4, -0.2) is 37.6 Å². The summed E-state index contributed by atoms with van der Waals surface area (Å²) in [5, 5.41) is 9.53. The summed E-state index contributed by atoms with van der Waals surface area (Å²) in [5.74, 6) is -0.180. The first-order chi connectivity index (χ1) is 12.3. The molecule has 0 spiro atoms. The van der Waals surface area contributed by atoms with E-state index in [9.17, 15) is 18.3 Å². The molecule has 7 nitrogen and oxygen atoms in total. The third-order valence-electron chi connectivity index (χ3n) is 4.25. The molecule has 10 heteroatoms. The number of hydrogen-bond acceptors (Lipinski definition) is 6. The summed E-state index contributed by atoms with van der Waals surface area (Å²) in [6.45, 7) is 3.62. The predicted octanol–water partition coefficient (Wildman–Crippen LogP) is 3.53. The van der Waals surface area contributed by atoms with Gasteiger partial charge in [0.05, 0.1) is 16.2 Å². The Morgan fingerprint density at radius 2 is 2.08 bits per heavy atom. The van der Waals surface area contributed by atoms with Gasteiger partial charge in [-0.15, -0.1) is 11.3 Å². The van der Waals surface area contributed by atoms with Crippen LogP contribution in [-0.2, 0) is 10.0 Å². The minimum atomic E-state index is -3.84. The highest BCUT2D eigenvalue weighted by Gasteiger charge is 2.24. The van der Waals surface area contributed by atoms with E-state index < -0.39 is 16.0 Å². The molecular formula is C16H18ClN3O4S2. The molecule has 0 atom stereocenters. The smallest absolute Gasteiger partial charge is 0.339 e. The average molecular weight is 416 g/mol. The maximum atomic E-state index is 12.4. The van der Waals surface area contributed by atoms with Crippen molar-refractivity contribution in [1.82, 2.24) is 4.98 Å². The molecule has 140 valence electrons. The number of aromatic nitrogens is 1. The van der Waals surface area contributed by atoms with E-state index in [1.54, 1.807) is 0 Å². The van der Waals surface area contributed by atoms with Crippen LogP contribution in [0, 0.1) is 5.92 Å². The Bertz CT molecular complexity index is 921. The molecule has 26 heavy (non-hydrogen) atoms. The second-order valence-electron chi connectivity index (χ2n) is 6.23. The van der Waals surface area contributed by atoms with Crippen molar-refractivity contribution in [3.8, 4) is 0 Å². The highest BCUT2D eigenvalue weighted by molar-refractivity contribution is 7.94. The molecule has 3 heterocycles. The summed E-state index contributed by atoms with van der Waals surface area (Å²) in [6.07, 6.45) is 3.27. The fourth-order valence-electron chi connectivity index (χ4n) is 2.79. The zero-order chi connectivity index (χ0) is 18.9. The molecule has 2 aromatic heterocycles. The lowest BCUT2D eigenvalue weighted by molar-refractivity contribution is 0.0697. The van der Waals surface area contributed by atoms with Crippen LogP contribution in [0.15, 0.2) is 28.6 Å². The number of carboxylic acids is 1. The third-order valence-corrected chi connectivity index (χ3v) is 7.35. The van der Waals surface area contributed by atoms with Crippen molar-refractivity contribution in [3.63, 3.8) is 0 Å². The number of sulfonamides is 1. The number of carboxylic acid groups (broad SMARTS) is 1. The minimum Gasteiger partial charge on any atom is -0.478 e. The van der Waals surface area contributed by atoms with E-state index in [1.807, 2.05) is 4.90 Å². The number of piperidine rings is 1. The van der Waals surface area contributed by atoms with E-state index in [0.717, 1.165) is 37.3 Å². The van der Waals surface area contributed by atoms with Crippen LogP contribution in [0.25, 0.3) is 0 Å². The lowest BCUT2D eigenvalue weighted by atomic mass is 9.99. The quantitative estimate of drug-likeness (QED) is 0.774. The molecule has 2 aromatic rings. The molecule has 0 aromatic carbocycles. The Balaban J connectivity index is 1.88. The van der Waals surface area contributed by atoms with Crippen molar-refractivity contribution in [2.45, 2.75) is 24.0 Å². The first kappa shape index (κ1) is 18.9. The minimum absolute atomic E-state index is 0.0241. The molecule has 0 aliphatic carbocycles. The monoisotopic (exact) mass is 415 g/mol. The number of nitrogens with one attached hydrogen (secondary N) is 1. The van der Waals surface area contributed by atoms with Crippen LogP contribution in [0.5, 0.6) is 0 Å². The zero-order valence-corrected chi connectivity index (χ0v) is 16.4. The Labute approximate surface area is 160 Å². The lowest BCUT2D eigenvalue weighted by Crippen LogP contribution is -2.34. The van der Waals surface area contributed by atoms with Gasteiger partial charge < -0.3 is 10.0 Å². The normalized spacial score (nSPS) is 15.8. The molecule has 1 aliphatic rings. The summed E-state index contributed by atoms with van der Waals surface area (Å²) in [4.78, 5) is 17.8. The van der Waals surface area contributed by atoms with Crippen LogP contribution < -0.4 is 9.62 Å². The molecule has 0 unspecified atom stereocenters. The third kappa shape index (κ3) is 4.11. The Morgan fingerprint density at radius 3 is 2.65 bits per heavy atom. The van der Waals surface area contributed by atoms with Crippen molar-refractivity contribution in [2.75, 3.05) is 22.7 Å². The van der Waals surface area contributed by atoms with Gasteiger partial charge in [-0.25, -0.2) is 18.2 Å². The fraction of sp³-hybridized carbons (Fsp3) is 0.375. The van der Waals surface area contributed by atoms with Gasteiger partial charge in [0.1, 0.15) is 15.6 Å². The average Bonchev–Trinajstić information content (AvgIpc) is 3.03. The molecule has 0 radical (unpaired) electrons. The maximum absolute atomic E-state index is 12.4. The number of halogens is 1. The van der Waals surface area contributed by atoms with Gasteiger partial charge in [-0.3, -0.25) is 4.72 Å². The van der Waals surface area contributed by atoms with Gasteiger partial charge in [0, 0.05) is 13.1 Å². The zero-order valence-electron chi connectivity index (χ0n) is 14.0. The number of rotatable bonds is 5. The van der Waals surface area contributed by atoms with Gasteiger partial charge in [0.2, 0.25) is 0 Å². The standard InChI is InChI=1S/C16H18ClN3O4S2/c1-10-4-6-20(7-5-10)15-12(16(21)22)8-11(9-18-15)19-26(23,24)14-3-2-13(17)25-14/h2-3,8-10,19H,4-7H2,1H3,(H,21,22). The summed E-state index contributed by atoms with van der Waals surface area (Å²) in [7, 11) is -3.84. The van der Waals surface area contributed by atoms with E-state index in [1.165, 1.54) is 24.4 Å². The van der Waals surface area contributed by atoms with Gasteiger partial charge in [-0.2, -0.15) is 0 Å². The van der Waals surface area contributed by atoms with Gasteiger partial charge >= 0.3 is 5.97 Å². The highest BCUT2D eigenvalue weighted by atomic mass is 35.5. The van der Waals surface area contributed by atoms with Gasteiger partial charge in [0.15, 0.2) is 0 Å². The summed E-state index contributed by atoms with van der Waals surface area (Å²) in [5.41, 5.74) is 0.0741. The van der Waals surface area contributed by atoms with Gasteiger partial charge in [-0.1, -0.05) is 18.5 Å². The van der Waals surface area contributed by atoms with E-state index in [0.29, 0.717) is 16.1 Å². The number of nitrogens with zero attached hydrogens (tertiary/aromatic N) is 2. The molecule has 0 amide bonds. The van der Waals surface area contributed by atoms with Crippen LogP contribution in [0.3, 0.4) is 0 Å². The SMILES string of the molecule is CC1CCN(c2ncc(NS(=O)(=O)c3ccc(Cl)s3)cc2C(=O)O)CC1. The van der Waals surface area contributed by atoms with Crippen LogP contribution in [0.1, 0.15) is 30.1 Å². The molecule has 3 rings (SSSR count). The Hall–Kier alpha value is -1.84. The largest absolute Gasteiger partial charge is 0.478 e. The van der Waals surface area contributed by atoms with Crippen molar-refractivity contribution in [3.05, 3.63) is 34.3 Å². The summed E-state index contributed by atoms with van der Waals surface area (Å²) >= 11 is 6.70. The molecule has 0 saturated carbocycles. The van der Waals surface area contributed by atoms with E-state index in [-0.39, 0.29) is 15.5 Å². The number of aromatic carboxylic acids is 1. The van der Waals surface area contributed by atoms with Crippen molar-refractivity contribution in [1.29, 1.82) is 0 Å². The first-order valence-corrected chi connectivity index (χ1v) is 10.7. The van der Waals surface area contributed by atoms with Gasteiger partial charge in [0.25, 0.3) is 10.0 Å². The highest BCUT2D eigenvalue weighted by Crippen LogP contribution is 2.29. The molecule has 1 saturated heterocycles. The first-order valence-electron chi connectivity index (χ1n) is 8.02. The molecule has 0 bridgehead atoms. The second-order valence-corrected chi connectivity index (χ2v) is 9.86. The fourth-order valence-corrected chi connectivity index (χ4v) is 5.31. The number of thiophene rings is 1. The van der Waals surface area contributed by atoms with E-state index in [4.69, 9.17) is 11.6 Å². The van der Waals surface area contributed by atoms with E-state index in [2.05, 4.69) is 16.6 Å². The van der Waals surface area contributed by atoms with Crippen LogP contribution >= 0.6 is 22.9 Å². The van der Waals surface area contributed by atoms with Gasteiger partial charge in [-0.05, 0) is 37.0 Å². The van der Waals surface area contributed by atoms with Crippen molar-refractivity contribution >= 4 is 50.4 Å².